The fourth-order valence-electron chi connectivity index (χ4n) is 1.16. The number of hydrogen-bond donors (Lipinski definition) is 2. The summed E-state index contributed by atoms with van der Waals surface area (Å²) < 4.78 is 5.53. The highest BCUT2D eigenvalue weighted by Gasteiger charge is 2.06. The number of hydrogen-bond acceptors (Lipinski definition) is 4. The molecule has 15 heavy (non-hydrogen) atoms. The summed E-state index contributed by atoms with van der Waals surface area (Å²) in [5.41, 5.74) is 7.26. The minimum atomic E-state index is 0.122. The van der Waals surface area contributed by atoms with Gasteiger partial charge in [0.15, 0.2) is 0 Å². The van der Waals surface area contributed by atoms with Crippen LogP contribution in [0.3, 0.4) is 0 Å². The molecule has 1 heterocycles. The number of rotatable bonds is 5. The Balaban J connectivity index is 2.67. The Hall–Kier alpha value is -1.13. The molecule has 0 radical (unpaired) electrons. The smallest absolute Gasteiger partial charge is 0.142 e. The van der Waals surface area contributed by atoms with E-state index < -0.39 is 0 Å². The number of aliphatic hydroxyl groups excluding tert-OH is 1. The molecule has 84 valence electrons. The average Bonchev–Trinajstić information content (AvgIpc) is 2.26. The minimum absolute atomic E-state index is 0.122. The van der Waals surface area contributed by atoms with Crippen molar-refractivity contribution in [3.8, 4) is 5.75 Å². The number of pyridine rings is 1. The van der Waals surface area contributed by atoms with Crippen LogP contribution in [-0.2, 0) is 6.54 Å². The standard InChI is InChI=1S/C11H18N2O2/c1-8(6-14)7-15-11-4-3-9(2)13-10(11)5-12/h3-4,8,14H,5-7,12H2,1-2H3. The maximum atomic E-state index is 8.86. The molecule has 0 aliphatic carbocycles. The van der Waals surface area contributed by atoms with E-state index in [1.54, 1.807) is 0 Å². The van der Waals surface area contributed by atoms with Gasteiger partial charge in [-0.3, -0.25) is 4.98 Å². The van der Waals surface area contributed by atoms with Gasteiger partial charge >= 0.3 is 0 Å². The van der Waals surface area contributed by atoms with Crippen molar-refractivity contribution in [3.05, 3.63) is 23.5 Å². The maximum absolute atomic E-state index is 8.86. The molecule has 4 heteroatoms. The van der Waals surface area contributed by atoms with Gasteiger partial charge in [0.05, 0.1) is 12.3 Å². The van der Waals surface area contributed by atoms with Crippen LogP contribution < -0.4 is 10.5 Å². The summed E-state index contributed by atoms with van der Waals surface area (Å²) in [6.07, 6.45) is 0. The summed E-state index contributed by atoms with van der Waals surface area (Å²) in [6, 6.07) is 3.76. The van der Waals surface area contributed by atoms with Crippen molar-refractivity contribution in [1.82, 2.24) is 4.98 Å². The van der Waals surface area contributed by atoms with Crippen molar-refractivity contribution in [3.63, 3.8) is 0 Å². The van der Waals surface area contributed by atoms with Crippen molar-refractivity contribution in [1.29, 1.82) is 0 Å². The second kappa shape index (κ2) is 5.68. The summed E-state index contributed by atoms with van der Waals surface area (Å²) in [5, 5.41) is 8.86. The summed E-state index contributed by atoms with van der Waals surface area (Å²) >= 11 is 0. The van der Waals surface area contributed by atoms with Crippen molar-refractivity contribution in [2.24, 2.45) is 11.7 Å². The SMILES string of the molecule is Cc1ccc(OCC(C)CO)c(CN)n1. The highest BCUT2D eigenvalue weighted by atomic mass is 16.5. The largest absolute Gasteiger partial charge is 0.491 e. The minimum Gasteiger partial charge on any atom is -0.491 e. The van der Waals surface area contributed by atoms with E-state index in [0.29, 0.717) is 18.9 Å². The van der Waals surface area contributed by atoms with Gasteiger partial charge in [0, 0.05) is 24.8 Å². The van der Waals surface area contributed by atoms with Gasteiger partial charge in [0.1, 0.15) is 5.75 Å². The zero-order valence-electron chi connectivity index (χ0n) is 9.23. The van der Waals surface area contributed by atoms with Crippen LogP contribution in [0.2, 0.25) is 0 Å². The molecule has 0 aromatic carbocycles. The predicted octanol–water partition coefficient (Wildman–Crippen LogP) is 0.856. The molecule has 0 amide bonds. The normalized spacial score (nSPS) is 12.5. The maximum Gasteiger partial charge on any atom is 0.142 e. The highest BCUT2D eigenvalue weighted by Crippen LogP contribution is 2.17. The Kier molecular flexibility index (Phi) is 4.52. The molecular formula is C11H18N2O2. The molecule has 0 saturated heterocycles. The fraction of sp³-hybridized carbons (Fsp3) is 0.545. The van der Waals surface area contributed by atoms with Crippen LogP contribution in [0.4, 0.5) is 0 Å². The van der Waals surface area contributed by atoms with E-state index in [2.05, 4.69) is 4.98 Å². The van der Waals surface area contributed by atoms with Crippen molar-refractivity contribution >= 4 is 0 Å². The predicted molar refractivity (Wildman–Crippen MR) is 58.6 cm³/mol. The van der Waals surface area contributed by atoms with Gasteiger partial charge in [0.25, 0.3) is 0 Å². The third-order valence-corrected chi connectivity index (χ3v) is 2.10. The van der Waals surface area contributed by atoms with Gasteiger partial charge in [-0.05, 0) is 19.1 Å². The van der Waals surface area contributed by atoms with Crippen LogP contribution in [0.15, 0.2) is 12.1 Å². The second-order valence-corrected chi connectivity index (χ2v) is 3.70. The third-order valence-electron chi connectivity index (χ3n) is 2.10. The van der Waals surface area contributed by atoms with E-state index in [9.17, 15) is 0 Å². The first-order valence-electron chi connectivity index (χ1n) is 5.07. The molecular weight excluding hydrogens is 192 g/mol. The molecule has 1 aromatic rings. The van der Waals surface area contributed by atoms with Gasteiger partial charge in [0.2, 0.25) is 0 Å². The molecule has 1 unspecified atom stereocenters. The van der Waals surface area contributed by atoms with E-state index in [1.165, 1.54) is 0 Å². The lowest BCUT2D eigenvalue weighted by atomic mass is 10.2. The molecule has 0 fully saturated rings. The first-order valence-corrected chi connectivity index (χ1v) is 5.07. The average molecular weight is 210 g/mol. The van der Waals surface area contributed by atoms with Gasteiger partial charge in [-0.2, -0.15) is 0 Å². The molecule has 0 aliphatic heterocycles. The van der Waals surface area contributed by atoms with Crippen LogP contribution in [0.5, 0.6) is 5.75 Å². The first kappa shape index (κ1) is 11.9. The summed E-state index contributed by atoms with van der Waals surface area (Å²) in [6.45, 7) is 4.80. The van der Waals surface area contributed by atoms with Crippen molar-refractivity contribution in [2.75, 3.05) is 13.2 Å². The number of aromatic nitrogens is 1. The van der Waals surface area contributed by atoms with E-state index in [-0.39, 0.29) is 12.5 Å². The number of aryl methyl sites for hydroxylation is 1. The zero-order valence-corrected chi connectivity index (χ0v) is 9.23. The monoisotopic (exact) mass is 210 g/mol. The van der Waals surface area contributed by atoms with Crippen molar-refractivity contribution < 1.29 is 9.84 Å². The Morgan fingerprint density at radius 3 is 2.87 bits per heavy atom. The van der Waals surface area contributed by atoms with Gasteiger partial charge in [-0.25, -0.2) is 0 Å². The fourth-order valence-corrected chi connectivity index (χ4v) is 1.16. The van der Waals surface area contributed by atoms with Crippen LogP contribution >= 0.6 is 0 Å². The van der Waals surface area contributed by atoms with E-state index in [1.807, 2.05) is 26.0 Å². The lowest BCUT2D eigenvalue weighted by Gasteiger charge is -2.13. The Morgan fingerprint density at radius 2 is 2.27 bits per heavy atom. The lowest BCUT2D eigenvalue weighted by molar-refractivity contribution is 0.173. The van der Waals surface area contributed by atoms with Crippen molar-refractivity contribution in [2.45, 2.75) is 20.4 Å². The molecule has 0 bridgehead atoms. The molecule has 1 rings (SSSR count). The summed E-state index contributed by atoms with van der Waals surface area (Å²) in [5.74, 6) is 0.834. The van der Waals surface area contributed by atoms with Gasteiger partial charge in [-0.1, -0.05) is 6.92 Å². The highest BCUT2D eigenvalue weighted by molar-refractivity contribution is 5.29. The molecule has 3 N–H and O–H groups in total. The van der Waals surface area contributed by atoms with Gasteiger partial charge < -0.3 is 15.6 Å². The molecule has 0 aliphatic rings. The number of nitrogens with zero attached hydrogens (tertiary/aromatic N) is 1. The van der Waals surface area contributed by atoms with Crippen LogP contribution in [-0.4, -0.2) is 23.3 Å². The molecule has 1 atom stereocenters. The quantitative estimate of drug-likeness (QED) is 0.756. The summed E-state index contributed by atoms with van der Waals surface area (Å²) in [7, 11) is 0. The molecule has 0 spiro atoms. The van der Waals surface area contributed by atoms with E-state index in [0.717, 1.165) is 11.4 Å². The van der Waals surface area contributed by atoms with Crippen LogP contribution in [0, 0.1) is 12.8 Å². The molecule has 4 nitrogen and oxygen atoms in total. The van der Waals surface area contributed by atoms with Crippen LogP contribution in [0.25, 0.3) is 0 Å². The molecule has 1 aromatic heterocycles. The van der Waals surface area contributed by atoms with E-state index in [4.69, 9.17) is 15.6 Å². The summed E-state index contributed by atoms with van der Waals surface area (Å²) in [4.78, 5) is 4.28. The van der Waals surface area contributed by atoms with E-state index >= 15 is 0 Å². The number of nitrogens with two attached hydrogens (primary N) is 1. The Labute approximate surface area is 90.1 Å². The van der Waals surface area contributed by atoms with Gasteiger partial charge in [-0.15, -0.1) is 0 Å². The topological polar surface area (TPSA) is 68.4 Å². The number of ether oxygens (including phenoxy) is 1. The first-order chi connectivity index (χ1) is 7.17. The Morgan fingerprint density at radius 1 is 1.53 bits per heavy atom. The van der Waals surface area contributed by atoms with Crippen LogP contribution in [0.1, 0.15) is 18.3 Å². The Bertz CT molecular complexity index is 315. The third kappa shape index (κ3) is 3.49. The number of aliphatic hydroxyl groups is 1. The second-order valence-electron chi connectivity index (χ2n) is 3.70. The molecule has 0 saturated carbocycles. The lowest BCUT2D eigenvalue weighted by Crippen LogP contribution is -2.14. The zero-order chi connectivity index (χ0) is 11.3.